The van der Waals surface area contributed by atoms with Gasteiger partial charge in [-0.2, -0.15) is 0 Å². The SMILES string of the molecule is Cc1ccc(Cl)c(OC(C)c2ccc(C(=O)O)o2)c1. The van der Waals surface area contributed by atoms with E-state index in [0.717, 1.165) is 5.56 Å². The Hall–Kier alpha value is -1.94. The molecule has 1 unspecified atom stereocenters. The van der Waals surface area contributed by atoms with Crippen LogP contribution in [0.2, 0.25) is 5.02 Å². The number of furan rings is 1. The molecule has 100 valence electrons. The van der Waals surface area contributed by atoms with E-state index >= 15 is 0 Å². The Morgan fingerprint density at radius 3 is 2.74 bits per heavy atom. The first-order chi connectivity index (χ1) is 8.97. The Morgan fingerprint density at radius 1 is 1.37 bits per heavy atom. The van der Waals surface area contributed by atoms with Crippen molar-refractivity contribution in [2.75, 3.05) is 0 Å². The van der Waals surface area contributed by atoms with E-state index < -0.39 is 12.1 Å². The minimum atomic E-state index is -1.10. The van der Waals surface area contributed by atoms with Crippen molar-refractivity contribution in [1.29, 1.82) is 0 Å². The molecule has 0 aliphatic carbocycles. The molecule has 1 N–H and O–H groups in total. The van der Waals surface area contributed by atoms with Crippen LogP contribution in [0.25, 0.3) is 0 Å². The van der Waals surface area contributed by atoms with Crippen LogP contribution in [-0.4, -0.2) is 11.1 Å². The van der Waals surface area contributed by atoms with Crippen LogP contribution in [0, 0.1) is 6.92 Å². The van der Waals surface area contributed by atoms with Gasteiger partial charge in [0.15, 0.2) is 6.10 Å². The fourth-order valence-electron chi connectivity index (χ4n) is 1.64. The summed E-state index contributed by atoms with van der Waals surface area (Å²) >= 11 is 6.03. The summed E-state index contributed by atoms with van der Waals surface area (Å²) in [6.45, 7) is 3.70. The smallest absolute Gasteiger partial charge is 0.371 e. The van der Waals surface area contributed by atoms with Gasteiger partial charge in [0.05, 0.1) is 5.02 Å². The van der Waals surface area contributed by atoms with Crippen molar-refractivity contribution in [3.8, 4) is 5.75 Å². The Kier molecular flexibility index (Phi) is 3.81. The maximum absolute atomic E-state index is 10.7. The van der Waals surface area contributed by atoms with Gasteiger partial charge in [0.1, 0.15) is 11.5 Å². The summed E-state index contributed by atoms with van der Waals surface area (Å²) in [5.74, 6) is -0.231. The van der Waals surface area contributed by atoms with Gasteiger partial charge in [0.2, 0.25) is 5.76 Å². The molecule has 2 rings (SSSR count). The third-order valence-corrected chi connectivity index (χ3v) is 2.94. The average molecular weight is 281 g/mol. The van der Waals surface area contributed by atoms with E-state index in [0.29, 0.717) is 16.5 Å². The lowest BCUT2D eigenvalue weighted by Gasteiger charge is -2.14. The summed E-state index contributed by atoms with van der Waals surface area (Å²) in [5, 5.41) is 9.30. The second kappa shape index (κ2) is 5.36. The van der Waals surface area contributed by atoms with Crippen LogP contribution in [0.5, 0.6) is 5.75 Å². The summed E-state index contributed by atoms with van der Waals surface area (Å²) in [7, 11) is 0. The molecule has 0 aliphatic rings. The molecule has 0 spiro atoms. The third kappa shape index (κ3) is 3.09. The maximum Gasteiger partial charge on any atom is 0.371 e. The molecule has 0 fully saturated rings. The van der Waals surface area contributed by atoms with Crippen molar-refractivity contribution >= 4 is 17.6 Å². The van der Waals surface area contributed by atoms with Gasteiger partial charge in [-0.3, -0.25) is 0 Å². The Morgan fingerprint density at radius 2 is 2.11 bits per heavy atom. The molecule has 19 heavy (non-hydrogen) atoms. The lowest BCUT2D eigenvalue weighted by molar-refractivity contribution is 0.0655. The highest BCUT2D eigenvalue weighted by Gasteiger charge is 2.16. The van der Waals surface area contributed by atoms with E-state index in [1.807, 2.05) is 19.1 Å². The van der Waals surface area contributed by atoms with Gasteiger partial charge < -0.3 is 14.3 Å². The monoisotopic (exact) mass is 280 g/mol. The van der Waals surface area contributed by atoms with Crippen molar-refractivity contribution in [3.63, 3.8) is 0 Å². The molecular weight excluding hydrogens is 268 g/mol. The predicted molar refractivity (Wildman–Crippen MR) is 70.9 cm³/mol. The lowest BCUT2D eigenvalue weighted by atomic mass is 10.2. The number of halogens is 1. The van der Waals surface area contributed by atoms with E-state index in [-0.39, 0.29) is 5.76 Å². The number of ether oxygens (including phenoxy) is 1. The van der Waals surface area contributed by atoms with E-state index in [9.17, 15) is 4.79 Å². The molecule has 2 aromatic rings. The minimum absolute atomic E-state index is 0.110. The highest BCUT2D eigenvalue weighted by atomic mass is 35.5. The summed E-state index contributed by atoms with van der Waals surface area (Å²) in [5.41, 5.74) is 1.03. The Bertz CT molecular complexity index is 603. The average Bonchev–Trinajstić information content (AvgIpc) is 2.83. The number of carboxylic acid groups (broad SMARTS) is 1. The van der Waals surface area contributed by atoms with Crippen molar-refractivity contribution in [1.82, 2.24) is 0 Å². The van der Waals surface area contributed by atoms with E-state index in [2.05, 4.69) is 0 Å². The molecule has 1 aromatic carbocycles. The summed E-state index contributed by atoms with van der Waals surface area (Å²) in [4.78, 5) is 10.7. The molecule has 0 aliphatic heterocycles. The number of aryl methyl sites for hydroxylation is 1. The van der Waals surface area contributed by atoms with Crippen LogP contribution in [-0.2, 0) is 0 Å². The molecule has 1 aromatic heterocycles. The first kappa shape index (κ1) is 13.5. The second-order valence-electron chi connectivity index (χ2n) is 4.20. The van der Waals surface area contributed by atoms with Gasteiger partial charge in [0, 0.05) is 0 Å². The molecule has 0 bridgehead atoms. The van der Waals surface area contributed by atoms with Gasteiger partial charge in [0.25, 0.3) is 0 Å². The topological polar surface area (TPSA) is 59.7 Å². The van der Waals surface area contributed by atoms with Crippen LogP contribution >= 0.6 is 11.6 Å². The molecule has 0 radical (unpaired) electrons. The van der Waals surface area contributed by atoms with Crippen LogP contribution in [0.1, 0.15) is 34.9 Å². The largest absolute Gasteiger partial charge is 0.481 e. The quantitative estimate of drug-likeness (QED) is 0.917. The first-order valence-electron chi connectivity index (χ1n) is 5.73. The van der Waals surface area contributed by atoms with Crippen molar-refractivity contribution in [2.24, 2.45) is 0 Å². The van der Waals surface area contributed by atoms with Crippen LogP contribution < -0.4 is 4.74 Å². The predicted octanol–water partition coefficient (Wildman–Crippen LogP) is 4.08. The maximum atomic E-state index is 10.7. The van der Waals surface area contributed by atoms with Gasteiger partial charge >= 0.3 is 5.97 Å². The number of hydrogen-bond acceptors (Lipinski definition) is 3. The molecular formula is C14H13ClO4. The molecule has 5 heteroatoms. The number of benzene rings is 1. The van der Waals surface area contributed by atoms with Gasteiger partial charge in [-0.25, -0.2) is 4.79 Å². The minimum Gasteiger partial charge on any atom is -0.481 e. The number of hydrogen-bond donors (Lipinski definition) is 1. The van der Waals surface area contributed by atoms with Gasteiger partial charge in [-0.1, -0.05) is 17.7 Å². The van der Waals surface area contributed by atoms with Gasteiger partial charge in [-0.05, 0) is 43.7 Å². The molecule has 0 amide bonds. The van der Waals surface area contributed by atoms with Crippen LogP contribution in [0.3, 0.4) is 0 Å². The fourth-order valence-corrected chi connectivity index (χ4v) is 1.80. The fraction of sp³-hybridized carbons (Fsp3) is 0.214. The van der Waals surface area contributed by atoms with Crippen molar-refractivity contribution in [2.45, 2.75) is 20.0 Å². The normalized spacial score (nSPS) is 12.2. The summed E-state index contributed by atoms with van der Waals surface area (Å²) < 4.78 is 10.9. The van der Waals surface area contributed by atoms with Crippen molar-refractivity contribution < 1.29 is 19.1 Å². The number of carboxylic acids is 1. The Labute approximate surface area is 115 Å². The number of carbonyl (C=O) groups is 1. The molecule has 1 heterocycles. The third-order valence-electron chi connectivity index (χ3n) is 2.63. The molecule has 0 saturated carbocycles. The Balaban J connectivity index is 2.17. The zero-order valence-corrected chi connectivity index (χ0v) is 11.3. The molecule has 0 saturated heterocycles. The van der Waals surface area contributed by atoms with Gasteiger partial charge in [-0.15, -0.1) is 0 Å². The van der Waals surface area contributed by atoms with Crippen molar-refractivity contribution in [3.05, 3.63) is 52.4 Å². The molecule has 4 nitrogen and oxygen atoms in total. The number of aromatic carboxylic acids is 1. The highest BCUT2D eigenvalue weighted by Crippen LogP contribution is 2.30. The van der Waals surface area contributed by atoms with Crippen LogP contribution in [0.4, 0.5) is 0 Å². The van der Waals surface area contributed by atoms with E-state index in [1.165, 1.54) is 6.07 Å². The zero-order chi connectivity index (χ0) is 14.0. The molecule has 1 atom stereocenters. The highest BCUT2D eigenvalue weighted by molar-refractivity contribution is 6.32. The van der Waals surface area contributed by atoms with E-state index in [1.54, 1.807) is 19.1 Å². The number of rotatable bonds is 4. The zero-order valence-electron chi connectivity index (χ0n) is 10.5. The summed E-state index contributed by atoms with van der Waals surface area (Å²) in [6.07, 6.45) is -0.424. The van der Waals surface area contributed by atoms with E-state index in [4.69, 9.17) is 25.9 Å². The van der Waals surface area contributed by atoms with Crippen LogP contribution in [0.15, 0.2) is 34.7 Å². The second-order valence-corrected chi connectivity index (χ2v) is 4.61. The summed E-state index contributed by atoms with van der Waals surface area (Å²) in [6, 6.07) is 8.44. The standard InChI is InChI=1S/C14H13ClO4/c1-8-3-4-10(15)13(7-8)18-9(2)11-5-6-12(19-11)14(16)17/h3-7,9H,1-2H3,(H,16,17). The first-order valence-corrected chi connectivity index (χ1v) is 6.11. The lowest BCUT2D eigenvalue weighted by Crippen LogP contribution is -2.02.